The first-order valence-electron chi connectivity index (χ1n) is 9.33. The molecule has 2 N–H and O–H groups in total. The van der Waals surface area contributed by atoms with Crippen LogP contribution in [0.5, 0.6) is 5.75 Å². The normalized spacial score (nSPS) is 11.3. The smallest absolute Gasteiger partial charge is 0.329 e. The van der Waals surface area contributed by atoms with E-state index in [0.29, 0.717) is 12.5 Å². The summed E-state index contributed by atoms with van der Waals surface area (Å²) >= 11 is 3.46. The van der Waals surface area contributed by atoms with E-state index in [2.05, 4.69) is 36.4 Å². The van der Waals surface area contributed by atoms with E-state index >= 15 is 0 Å². The Balaban J connectivity index is 1.74. The Kier molecular flexibility index (Phi) is 5.72. The van der Waals surface area contributed by atoms with E-state index < -0.39 is 11.2 Å². The molecule has 4 rings (SSSR count). The third-order valence-electron chi connectivity index (χ3n) is 4.73. The summed E-state index contributed by atoms with van der Waals surface area (Å²) in [5, 5.41) is 4.26. The predicted octanol–water partition coefficient (Wildman–Crippen LogP) is 2.69. The van der Waals surface area contributed by atoms with Gasteiger partial charge in [0.15, 0.2) is 11.2 Å². The highest BCUT2D eigenvalue weighted by molar-refractivity contribution is 9.10. The highest BCUT2D eigenvalue weighted by Crippen LogP contribution is 2.19. The van der Waals surface area contributed by atoms with E-state index in [1.165, 1.54) is 4.57 Å². The molecule has 0 amide bonds. The summed E-state index contributed by atoms with van der Waals surface area (Å²) in [6.07, 6.45) is 1.63. The maximum absolute atomic E-state index is 12.6. The van der Waals surface area contributed by atoms with Crippen LogP contribution in [0.25, 0.3) is 11.2 Å². The first-order valence-corrected chi connectivity index (χ1v) is 10.1. The molecule has 4 aromatic rings. The summed E-state index contributed by atoms with van der Waals surface area (Å²) < 4.78 is 9.06. The number of nitrogens with one attached hydrogen (secondary N) is 2. The number of hydrazone groups is 1. The molecule has 31 heavy (non-hydrogen) atoms. The first-order chi connectivity index (χ1) is 15.0. The summed E-state index contributed by atoms with van der Waals surface area (Å²) in [4.78, 5) is 31.4. The zero-order valence-corrected chi connectivity index (χ0v) is 18.4. The number of nitrogens with zero attached hydrogens (tertiary/aromatic N) is 4. The topological polar surface area (TPSA) is 106 Å². The summed E-state index contributed by atoms with van der Waals surface area (Å²) in [5.74, 6) is 1.09. The second kappa shape index (κ2) is 8.60. The van der Waals surface area contributed by atoms with E-state index in [4.69, 9.17) is 4.74 Å². The number of benzene rings is 2. The van der Waals surface area contributed by atoms with E-state index in [0.717, 1.165) is 21.3 Å². The summed E-state index contributed by atoms with van der Waals surface area (Å²) in [7, 11) is 3.16. The summed E-state index contributed by atoms with van der Waals surface area (Å²) in [5.41, 5.74) is 4.22. The molecule has 0 unspecified atom stereocenters. The second-order valence-corrected chi connectivity index (χ2v) is 7.70. The highest BCUT2D eigenvalue weighted by Gasteiger charge is 2.17. The number of hydrogen-bond donors (Lipinski definition) is 2. The van der Waals surface area contributed by atoms with E-state index in [1.54, 1.807) is 24.9 Å². The number of methoxy groups -OCH3 is 1. The molecule has 0 spiro atoms. The number of rotatable bonds is 6. The Morgan fingerprint density at radius 3 is 2.71 bits per heavy atom. The minimum atomic E-state index is -0.530. The SMILES string of the molecule is COc1ccc(/C=N/Nc2nc3c(c(=O)[nH]c(=O)n3C)n2Cc2cccc(Br)c2)cc1. The molecule has 0 bridgehead atoms. The van der Waals surface area contributed by atoms with E-state index in [1.807, 2.05) is 48.5 Å². The lowest BCUT2D eigenvalue weighted by Crippen LogP contribution is -2.29. The lowest BCUT2D eigenvalue weighted by Gasteiger charge is -2.08. The van der Waals surface area contributed by atoms with Gasteiger partial charge < -0.3 is 4.74 Å². The molecule has 0 aliphatic heterocycles. The number of ether oxygens (including phenoxy) is 1. The van der Waals surface area contributed by atoms with Crippen LogP contribution in [0, 0.1) is 0 Å². The molecule has 0 aliphatic rings. The maximum Gasteiger partial charge on any atom is 0.329 e. The number of aryl methyl sites for hydroxylation is 1. The van der Waals surface area contributed by atoms with Crippen LogP contribution in [0.15, 0.2) is 67.7 Å². The zero-order chi connectivity index (χ0) is 22.0. The molecule has 9 nitrogen and oxygen atoms in total. The van der Waals surface area contributed by atoms with Crippen molar-refractivity contribution < 1.29 is 4.74 Å². The largest absolute Gasteiger partial charge is 0.497 e. The number of fused-ring (bicyclic) bond motifs is 1. The van der Waals surface area contributed by atoms with Crippen molar-refractivity contribution in [2.24, 2.45) is 12.1 Å². The molecular weight excluding hydrogens is 464 g/mol. The van der Waals surface area contributed by atoms with E-state index in [-0.39, 0.29) is 11.2 Å². The highest BCUT2D eigenvalue weighted by atomic mass is 79.9. The van der Waals surface area contributed by atoms with Crippen LogP contribution >= 0.6 is 15.9 Å². The van der Waals surface area contributed by atoms with E-state index in [9.17, 15) is 9.59 Å². The van der Waals surface area contributed by atoms with Crippen LogP contribution in [-0.2, 0) is 13.6 Å². The zero-order valence-electron chi connectivity index (χ0n) is 16.8. The summed E-state index contributed by atoms with van der Waals surface area (Å²) in [6.45, 7) is 0.359. The Hall–Kier alpha value is -3.66. The fourth-order valence-corrected chi connectivity index (χ4v) is 3.59. The predicted molar refractivity (Wildman–Crippen MR) is 123 cm³/mol. The Labute approximate surface area is 185 Å². The molecule has 0 radical (unpaired) electrons. The quantitative estimate of drug-likeness (QED) is 0.324. The van der Waals surface area contributed by atoms with Crippen molar-refractivity contribution in [3.8, 4) is 5.75 Å². The van der Waals surface area contributed by atoms with Crippen LogP contribution in [0.3, 0.4) is 0 Å². The van der Waals surface area contributed by atoms with Crippen molar-refractivity contribution in [3.63, 3.8) is 0 Å². The number of aromatic amines is 1. The average molecular weight is 483 g/mol. The lowest BCUT2D eigenvalue weighted by atomic mass is 10.2. The molecular formula is C21H19BrN6O3. The Bertz CT molecular complexity index is 1390. The van der Waals surface area contributed by atoms with Crippen LogP contribution in [-0.4, -0.2) is 32.4 Å². The fourth-order valence-electron chi connectivity index (χ4n) is 3.15. The molecule has 0 saturated carbocycles. The molecule has 0 aliphatic carbocycles. The van der Waals surface area contributed by atoms with Gasteiger partial charge in [-0.25, -0.2) is 10.2 Å². The standard InChI is InChI=1S/C21H19BrN6O3/c1-27-18-17(19(29)25-21(27)30)28(12-14-4-3-5-15(22)10-14)20(24-18)26-23-11-13-6-8-16(31-2)9-7-13/h3-11H,12H2,1-2H3,(H,24,26)(H,25,29,30)/b23-11+. The lowest BCUT2D eigenvalue weighted by molar-refractivity contribution is 0.415. The monoisotopic (exact) mass is 482 g/mol. The van der Waals surface area contributed by atoms with Gasteiger partial charge in [0.25, 0.3) is 5.56 Å². The molecule has 0 saturated heterocycles. The average Bonchev–Trinajstić information content (AvgIpc) is 3.11. The molecule has 10 heteroatoms. The molecule has 2 aromatic carbocycles. The number of imidazole rings is 1. The third kappa shape index (κ3) is 4.29. The minimum Gasteiger partial charge on any atom is -0.497 e. The van der Waals surface area contributed by atoms with Gasteiger partial charge in [-0.05, 0) is 47.5 Å². The van der Waals surface area contributed by atoms with Gasteiger partial charge >= 0.3 is 5.69 Å². The Morgan fingerprint density at radius 1 is 1.23 bits per heavy atom. The molecule has 0 atom stereocenters. The first kappa shape index (κ1) is 20.6. The minimum absolute atomic E-state index is 0.269. The number of anilines is 1. The third-order valence-corrected chi connectivity index (χ3v) is 5.22. The van der Waals surface area contributed by atoms with Crippen molar-refractivity contribution in [1.82, 2.24) is 19.1 Å². The molecule has 2 aromatic heterocycles. The van der Waals surface area contributed by atoms with Crippen LogP contribution < -0.4 is 21.4 Å². The number of aromatic nitrogens is 4. The van der Waals surface area contributed by atoms with Crippen molar-refractivity contribution in [3.05, 3.63) is 85.0 Å². The van der Waals surface area contributed by atoms with Gasteiger partial charge in [-0.15, -0.1) is 0 Å². The van der Waals surface area contributed by atoms with Gasteiger partial charge in [0.1, 0.15) is 5.75 Å². The van der Waals surface area contributed by atoms with Gasteiger partial charge in [0.05, 0.1) is 19.9 Å². The van der Waals surface area contributed by atoms with Gasteiger partial charge in [0, 0.05) is 11.5 Å². The number of hydrogen-bond acceptors (Lipinski definition) is 6. The molecule has 0 fully saturated rings. The summed E-state index contributed by atoms with van der Waals surface area (Å²) in [6, 6.07) is 15.1. The Morgan fingerprint density at radius 2 is 2.00 bits per heavy atom. The molecule has 158 valence electrons. The van der Waals surface area contributed by atoms with Crippen LogP contribution in [0.2, 0.25) is 0 Å². The van der Waals surface area contributed by atoms with Crippen molar-refractivity contribution in [2.75, 3.05) is 12.5 Å². The number of halogens is 1. The second-order valence-electron chi connectivity index (χ2n) is 6.79. The maximum atomic E-state index is 12.6. The fraction of sp³-hybridized carbons (Fsp3) is 0.143. The van der Waals surface area contributed by atoms with Crippen LogP contribution in [0.4, 0.5) is 5.95 Å². The van der Waals surface area contributed by atoms with Gasteiger partial charge in [-0.3, -0.25) is 18.9 Å². The number of H-pyrrole nitrogens is 1. The van der Waals surface area contributed by atoms with Gasteiger partial charge in [-0.2, -0.15) is 10.1 Å². The van der Waals surface area contributed by atoms with Crippen molar-refractivity contribution >= 4 is 39.3 Å². The van der Waals surface area contributed by atoms with Gasteiger partial charge in [-0.1, -0.05) is 28.1 Å². The van der Waals surface area contributed by atoms with Crippen molar-refractivity contribution in [1.29, 1.82) is 0 Å². The molecule has 2 heterocycles. The van der Waals surface area contributed by atoms with Crippen LogP contribution in [0.1, 0.15) is 11.1 Å². The van der Waals surface area contributed by atoms with Crippen molar-refractivity contribution in [2.45, 2.75) is 6.54 Å². The van der Waals surface area contributed by atoms with Gasteiger partial charge in [0.2, 0.25) is 5.95 Å².